The third-order valence-electron chi connectivity index (χ3n) is 6.33. The molecule has 0 radical (unpaired) electrons. The molecule has 0 N–H and O–H groups in total. The smallest absolute Gasteiger partial charge is 0.253 e. The lowest BCUT2D eigenvalue weighted by molar-refractivity contribution is 0.0597. The van der Waals surface area contributed by atoms with Gasteiger partial charge in [0, 0.05) is 55.9 Å². The number of hydrogen-bond acceptors (Lipinski definition) is 2. The number of rotatable bonds is 4. The van der Waals surface area contributed by atoms with Gasteiger partial charge in [-0.3, -0.25) is 9.69 Å². The quantitative estimate of drug-likeness (QED) is 0.488. The molecule has 0 bridgehead atoms. The lowest BCUT2D eigenvalue weighted by Crippen LogP contribution is -2.49. The van der Waals surface area contributed by atoms with E-state index in [0.717, 1.165) is 42.6 Å². The zero-order chi connectivity index (χ0) is 21.2. The van der Waals surface area contributed by atoms with Gasteiger partial charge in [0.25, 0.3) is 5.91 Å². The summed E-state index contributed by atoms with van der Waals surface area (Å²) in [6.07, 6.45) is 2.03. The van der Waals surface area contributed by atoms with Crippen LogP contribution in [0.15, 0.2) is 91.1 Å². The molecule has 4 heteroatoms. The zero-order valence-corrected chi connectivity index (χ0v) is 17.8. The summed E-state index contributed by atoms with van der Waals surface area (Å²) in [6, 6.07) is 29.6. The molecule has 4 aromatic rings. The van der Waals surface area contributed by atoms with E-state index in [1.807, 2.05) is 36.3 Å². The van der Waals surface area contributed by atoms with Gasteiger partial charge in [-0.25, -0.2) is 0 Å². The molecular weight excluding hydrogens is 382 g/mol. The highest BCUT2D eigenvalue weighted by Gasteiger charge is 2.28. The predicted octanol–water partition coefficient (Wildman–Crippen LogP) is 4.73. The average molecular weight is 410 g/mol. The van der Waals surface area contributed by atoms with Crippen molar-refractivity contribution in [2.24, 2.45) is 7.05 Å². The minimum atomic E-state index is 0.126. The second-order valence-electron chi connectivity index (χ2n) is 8.25. The molecule has 0 saturated carbocycles. The van der Waals surface area contributed by atoms with Crippen LogP contribution in [0.5, 0.6) is 0 Å². The van der Waals surface area contributed by atoms with Crippen LogP contribution in [0.4, 0.5) is 0 Å². The molecule has 0 atom stereocenters. The Bertz CT molecular complexity index is 1140. The van der Waals surface area contributed by atoms with Crippen LogP contribution in [0, 0.1) is 0 Å². The normalized spacial score (nSPS) is 15.0. The standard InChI is InChI=1S/C27H27N3O/c1-28-15-14-23-20-24(12-13-25(23)28)27(31)30-18-16-29(17-19-30)26(21-8-4-2-5-9-21)22-10-6-3-7-11-22/h2-15,20,26H,16-19H2,1H3. The Balaban J connectivity index is 1.33. The van der Waals surface area contributed by atoms with Crippen LogP contribution in [0.1, 0.15) is 27.5 Å². The Morgan fingerprint density at radius 3 is 2.00 bits per heavy atom. The summed E-state index contributed by atoms with van der Waals surface area (Å²) in [5, 5.41) is 1.11. The Labute approximate surface area is 183 Å². The second kappa shape index (κ2) is 8.40. The fourth-order valence-electron chi connectivity index (χ4n) is 4.67. The first kappa shape index (κ1) is 19.6. The molecular formula is C27H27N3O. The van der Waals surface area contributed by atoms with Crippen molar-refractivity contribution >= 4 is 16.8 Å². The second-order valence-corrected chi connectivity index (χ2v) is 8.25. The van der Waals surface area contributed by atoms with Crippen LogP contribution >= 0.6 is 0 Å². The molecule has 1 amide bonds. The van der Waals surface area contributed by atoms with E-state index in [2.05, 4.69) is 76.2 Å². The van der Waals surface area contributed by atoms with Gasteiger partial charge in [-0.2, -0.15) is 0 Å². The minimum absolute atomic E-state index is 0.126. The monoisotopic (exact) mass is 409 g/mol. The minimum Gasteiger partial charge on any atom is -0.351 e. The number of piperazine rings is 1. The summed E-state index contributed by atoms with van der Waals surface area (Å²) in [5.74, 6) is 0.126. The largest absolute Gasteiger partial charge is 0.351 e. The summed E-state index contributed by atoms with van der Waals surface area (Å²) < 4.78 is 2.08. The molecule has 156 valence electrons. The van der Waals surface area contributed by atoms with Crippen molar-refractivity contribution in [2.75, 3.05) is 26.2 Å². The average Bonchev–Trinajstić information content (AvgIpc) is 3.21. The molecule has 0 unspecified atom stereocenters. The van der Waals surface area contributed by atoms with Crippen molar-refractivity contribution < 1.29 is 4.79 Å². The highest BCUT2D eigenvalue weighted by molar-refractivity contribution is 5.98. The van der Waals surface area contributed by atoms with Gasteiger partial charge in [0.15, 0.2) is 0 Å². The van der Waals surface area contributed by atoms with Crippen LogP contribution < -0.4 is 0 Å². The van der Waals surface area contributed by atoms with Gasteiger partial charge in [-0.1, -0.05) is 60.7 Å². The Kier molecular flexibility index (Phi) is 5.31. The van der Waals surface area contributed by atoms with E-state index in [1.165, 1.54) is 11.1 Å². The predicted molar refractivity (Wildman–Crippen MR) is 125 cm³/mol. The van der Waals surface area contributed by atoms with Gasteiger partial charge in [-0.05, 0) is 35.4 Å². The molecule has 3 aromatic carbocycles. The van der Waals surface area contributed by atoms with Crippen molar-refractivity contribution in [3.63, 3.8) is 0 Å². The number of aromatic nitrogens is 1. The Hall–Kier alpha value is -3.37. The van der Waals surface area contributed by atoms with Gasteiger partial charge in [-0.15, -0.1) is 0 Å². The number of fused-ring (bicyclic) bond motifs is 1. The van der Waals surface area contributed by atoms with Crippen LogP contribution in [-0.4, -0.2) is 46.5 Å². The SMILES string of the molecule is Cn1ccc2cc(C(=O)N3CCN(C(c4ccccc4)c4ccccc4)CC3)ccc21. The van der Waals surface area contributed by atoms with E-state index in [9.17, 15) is 4.79 Å². The van der Waals surface area contributed by atoms with Crippen molar-refractivity contribution in [1.29, 1.82) is 0 Å². The summed E-state index contributed by atoms with van der Waals surface area (Å²) in [4.78, 5) is 17.7. The molecule has 31 heavy (non-hydrogen) atoms. The van der Waals surface area contributed by atoms with E-state index in [4.69, 9.17) is 0 Å². The van der Waals surface area contributed by atoms with Gasteiger partial charge < -0.3 is 9.47 Å². The van der Waals surface area contributed by atoms with E-state index < -0.39 is 0 Å². The van der Waals surface area contributed by atoms with Crippen LogP contribution in [0.25, 0.3) is 10.9 Å². The van der Waals surface area contributed by atoms with Gasteiger partial charge in [0.2, 0.25) is 0 Å². The summed E-state index contributed by atoms with van der Waals surface area (Å²) in [7, 11) is 2.03. The maximum Gasteiger partial charge on any atom is 0.253 e. The van der Waals surface area contributed by atoms with Crippen molar-refractivity contribution in [1.82, 2.24) is 14.4 Å². The van der Waals surface area contributed by atoms with Crippen LogP contribution in [0.3, 0.4) is 0 Å². The van der Waals surface area contributed by atoms with E-state index in [0.29, 0.717) is 0 Å². The highest BCUT2D eigenvalue weighted by Crippen LogP contribution is 2.29. The summed E-state index contributed by atoms with van der Waals surface area (Å²) >= 11 is 0. The van der Waals surface area contributed by atoms with Crippen LogP contribution in [-0.2, 0) is 7.05 Å². The lowest BCUT2D eigenvalue weighted by atomic mass is 9.96. The lowest BCUT2D eigenvalue weighted by Gasteiger charge is -2.39. The van der Waals surface area contributed by atoms with E-state index >= 15 is 0 Å². The molecule has 1 saturated heterocycles. The first-order valence-electron chi connectivity index (χ1n) is 10.9. The third-order valence-corrected chi connectivity index (χ3v) is 6.33. The summed E-state index contributed by atoms with van der Waals surface area (Å²) in [5.41, 5.74) is 4.51. The molecule has 5 rings (SSSR count). The van der Waals surface area contributed by atoms with Gasteiger partial charge in [0.1, 0.15) is 0 Å². The van der Waals surface area contributed by atoms with Gasteiger partial charge in [0.05, 0.1) is 6.04 Å². The number of carbonyl (C=O) groups excluding carboxylic acids is 1. The van der Waals surface area contributed by atoms with Crippen molar-refractivity contribution in [3.8, 4) is 0 Å². The number of aryl methyl sites for hydroxylation is 1. The molecule has 4 nitrogen and oxygen atoms in total. The topological polar surface area (TPSA) is 28.5 Å². The fraction of sp³-hybridized carbons (Fsp3) is 0.222. The molecule has 0 aliphatic carbocycles. The van der Waals surface area contributed by atoms with Crippen molar-refractivity contribution in [2.45, 2.75) is 6.04 Å². The molecule has 1 aliphatic heterocycles. The molecule has 0 spiro atoms. The number of benzene rings is 3. The highest BCUT2D eigenvalue weighted by atomic mass is 16.2. The first-order valence-corrected chi connectivity index (χ1v) is 10.9. The fourth-order valence-corrected chi connectivity index (χ4v) is 4.67. The third kappa shape index (κ3) is 3.87. The van der Waals surface area contributed by atoms with Crippen molar-refractivity contribution in [3.05, 3.63) is 108 Å². The molecule has 1 aromatic heterocycles. The number of amides is 1. The number of carbonyl (C=O) groups is 1. The van der Waals surface area contributed by atoms with E-state index in [-0.39, 0.29) is 11.9 Å². The Morgan fingerprint density at radius 2 is 1.39 bits per heavy atom. The molecule has 1 fully saturated rings. The maximum atomic E-state index is 13.2. The van der Waals surface area contributed by atoms with Crippen LogP contribution in [0.2, 0.25) is 0 Å². The van der Waals surface area contributed by atoms with E-state index in [1.54, 1.807) is 0 Å². The first-order chi connectivity index (χ1) is 15.2. The summed E-state index contributed by atoms with van der Waals surface area (Å²) in [6.45, 7) is 3.19. The molecule has 2 heterocycles. The molecule has 1 aliphatic rings. The Morgan fingerprint density at radius 1 is 0.774 bits per heavy atom. The zero-order valence-electron chi connectivity index (χ0n) is 17.8. The van der Waals surface area contributed by atoms with Gasteiger partial charge >= 0.3 is 0 Å². The maximum absolute atomic E-state index is 13.2. The number of hydrogen-bond donors (Lipinski definition) is 0. The number of nitrogens with zero attached hydrogens (tertiary/aromatic N) is 3.